The van der Waals surface area contributed by atoms with E-state index in [1.807, 2.05) is 6.26 Å². The first-order valence-corrected chi connectivity index (χ1v) is 7.07. The minimum absolute atomic E-state index is 0.386. The first kappa shape index (κ1) is 12.9. The predicted octanol–water partition coefficient (Wildman–Crippen LogP) is 2.14. The van der Waals surface area contributed by atoms with Crippen LogP contribution in [0, 0.1) is 0 Å². The van der Waals surface area contributed by atoms with E-state index in [0.29, 0.717) is 6.10 Å². The van der Waals surface area contributed by atoms with E-state index in [1.165, 1.54) is 25.7 Å². The van der Waals surface area contributed by atoms with Crippen LogP contribution in [0.5, 0.6) is 0 Å². The zero-order valence-corrected chi connectivity index (χ0v) is 11.0. The van der Waals surface area contributed by atoms with Crippen LogP contribution in [0.3, 0.4) is 0 Å². The maximum absolute atomic E-state index is 5.53. The van der Waals surface area contributed by atoms with E-state index in [9.17, 15) is 0 Å². The number of hydrogen-bond acceptors (Lipinski definition) is 3. The summed E-state index contributed by atoms with van der Waals surface area (Å²) < 4.78 is 5.53. The van der Waals surface area contributed by atoms with Gasteiger partial charge in [-0.2, -0.15) is 0 Å². The molecule has 3 heteroatoms. The number of nitrogens with zero attached hydrogens (tertiary/aromatic N) is 1. The van der Waals surface area contributed by atoms with Gasteiger partial charge in [0.05, 0.1) is 6.26 Å². The van der Waals surface area contributed by atoms with Crippen molar-refractivity contribution in [2.75, 3.05) is 26.7 Å². The number of rotatable bonds is 6. The van der Waals surface area contributed by atoms with E-state index in [4.69, 9.17) is 4.74 Å². The Balaban J connectivity index is 1.51. The third-order valence-corrected chi connectivity index (χ3v) is 3.98. The lowest BCUT2D eigenvalue weighted by atomic mass is 10.1. The summed E-state index contributed by atoms with van der Waals surface area (Å²) in [5.74, 6) is 0. The quantitative estimate of drug-likeness (QED) is 0.718. The smallest absolute Gasteiger partial charge is 0.110 e. The molecule has 1 N–H and O–H groups in total. The summed E-state index contributed by atoms with van der Waals surface area (Å²) in [7, 11) is 2.26. The summed E-state index contributed by atoms with van der Waals surface area (Å²) in [6.45, 7) is 3.23. The van der Waals surface area contributed by atoms with Gasteiger partial charge in [0.2, 0.25) is 0 Å². The molecule has 3 nitrogen and oxygen atoms in total. The van der Waals surface area contributed by atoms with Crippen LogP contribution in [0.25, 0.3) is 0 Å². The SMILES string of the molecule is CN(CCNCC1CCC=CO1)C1CCCC1. The zero-order valence-electron chi connectivity index (χ0n) is 11.0. The van der Waals surface area contributed by atoms with Gasteiger partial charge in [-0.05, 0) is 38.8 Å². The van der Waals surface area contributed by atoms with Crippen LogP contribution < -0.4 is 5.32 Å². The number of nitrogens with one attached hydrogen (secondary N) is 1. The van der Waals surface area contributed by atoms with Crippen LogP contribution in [0.1, 0.15) is 38.5 Å². The second-order valence-electron chi connectivity index (χ2n) is 5.33. The fraction of sp³-hybridized carbons (Fsp3) is 0.857. The van der Waals surface area contributed by atoms with Crippen LogP contribution in [0.2, 0.25) is 0 Å². The molecule has 2 rings (SSSR count). The summed E-state index contributed by atoms with van der Waals surface area (Å²) in [6, 6.07) is 0.839. The van der Waals surface area contributed by atoms with Crippen molar-refractivity contribution in [3.05, 3.63) is 12.3 Å². The molecule has 17 heavy (non-hydrogen) atoms. The molecule has 2 aliphatic rings. The molecule has 0 aromatic rings. The standard InChI is InChI=1S/C14H26N2O/c1-16(13-6-2-3-7-13)10-9-15-12-14-8-4-5-11-17-14/h5,11,13-15H,2-4,6-10,12H2,1H3. The summed E-state index contributed by atoms with van der Waals surface area (Å²) in [4.78, 5) is 2.52. The second kappa shape index (κ2) is 7.02. The molecule has 0 radical (unpaired) electrons. The lowest BCUT2D eigenvalue weighted by Gasteiger charge is -2.25. The largest absolute Gasteiger partial charge is 0.497 e. The molecule has 1 fully saturated rings. The van der Waals surface area contributed by atoms with Crippen LogP contribution in [0.4, 0.5) is 0 Å². The van der Waals surface area contributed by atoms with Crippen molar-refractivity contribution in [3.63, 3.8) is 0 Å². The monoisotopic (exact) mass is 238 g/mol. The van der Waals surface area contributed by atoms with Gasteiger partial charge in [0.1, 0.15) is 6.10 Å². The Kier molecular flexibility index (Phi) is 5.33. The molecule has 1 saturated carbocycles. The molecule has 0 amide bonds. The molecule has 0 saturated heterocycles. The van der Waals surface area contributed by atoms with E-state index in [-0.39, 0.29) is 0 Å². The highest BCUT2D eigenvalue weighted by molar-refractivity contribution is 4.83. The predicted molar refractivity (Wildman–Crippen MR) is 71.0 cm³/mol. The minimum atomic E-state index is 0.386. The third kappa shape index (κ3) is 4.32. The van der Waals surface area contributed by atoms with Crippen molar-refractivity contribution in [2.24, 2.45) is 0 Å². The van der Waals surface area contributed by atoms with Crippen LogP contribution >= 0.6 is 0 Å². The molecule has 0 aromatic carbocycles. The topological polar surface area (TPSA) is 24.5 Å². The number of likely N-dealkylation sites (N-methyl/N-ethyl adjacent to an activating group) is 1. The van der Waals surface area contributed by atoms with Crippen LogP contribution in [0.15, 0.2) is 12.3 Å². The summed E-state index contributed by atoms with van der Waals surface area (Å²) >= 11 is 0. The molecule has 0 bridgehead atoms. The molecular formula is C14H26N2O. The Morgan fingerprint density at radius 3 is 2.82 bits per heavy atom. The van der Waals surface area contributed by atoms with Gasteiger partial charge in [-0.3, -0.25) is 0 Å². The van der Waals surface area contributed by atoms with E-state index in [1.54, 1.807) is 0 Å². The van der Waals surface area contributed by atoms with Gasteiger partial charge in [-0.15, -0.1) is 0 Å². The molecule has 1 unspecified atom stereocenters. The summed E-state index contributed by atoms with van der Waals surface area (Å²) in [5, 5.41) is 3.51. The molecular weight excluding hydrogens is 212 g/mol. The summed E-state index contributed by atoms with van der Waals surface area (Å²) in [5.41, 5.74) is 0. The van der Waals surface area contributed by atoms with Crippen molar-refractivity contribution >= 4 is 0 Å². The highest BCUT2D eigenvalue weighted by Gasteiger charge is 2.18. The molecule has 1 heterocycles. The maximum atomic E-state index is 5.53. The van der Waals surface area contributed by atoms with Gasteiger partial charge in [0, 0.05) is 25.7 Å². The minimum Gasteiger partial charge on any atom is -0.497 e. The van der Waals surface area contributed by atoms with Gasteiger partial charge in [-0.1, -0.05) is 12.8 Å². The Morgan fingerprint density at radius 2 is 2.12 bits per heavy atom. The number of ether oxygens (including phenoxy) is 1. The van der Waals surface area contributed by atoms with Crippen LogP contribution in [-0.2, 0) is 4.74 Å². The molecule has 98 valence electrons. The lowest BCUT2D eigenvalue weighted by molar-refractivity contribution is 0.121. The Bertz CT molecular complexity index is 236. The van der Waals surface area contributed by atoms with Crippen molar-refractivity contribution in [3.8, 4) is 0 Å². The fourth-order valence-corrected chi connectivity index (χ4v) is 2.78. The van der Waals surface area contributed by atoms with Gasteiger partial charge in [0.15, 0.2) is 0 Å². The van der Waals surface area contributed by atoms with E-state index < -0.39 is 0 Å². The van der Waals surface area contributed by atoms with E-state index >= 15 is 0 Å². The molecule has 1 aliphatic heterocycles. The van der Waals surface area contributed by atoms with E-state index in [2.05, 4.69) is 23.3 Å². The number of hydrogen-bond donors (Lipinski definition) is 1. The van der Waals surface area contributed by atoms with Crippen LogP contribution in [-0.4, -0.2) is 43.7 Å². The molecule has 1 atom stereocenters. The number of allylic oxidation sites excluding steroid dienone is 1. The van der Waals surface area contributed by atoms with Crippen molar-refractivity contribution in [1.82, 2.24) is 10.2 Å². The van der Waals surface area contributed by atoms with Gasteiger partial charge in [-0.25, -0.2) is 0 Å². The highest BCUT2D eigenvalue weighted by atomic mass is 16.5. The third-order valence-electron chi connectivity index (χ3n) is 3.98. The van der Waals surface area contributed by atoms with Crippen molar-refractivity contribution in [2.45, 2.75) is 50.7 Å². The normalized spacial score (nSPS) is 25.4. The lowest BCUT2D eigenvalue weighted by Crippen LogP contribution is -2.38. The average molecular weight is 238 g/mol. The Labute approximate surface area is 105 Å². The maximum Gasteiger partial charge on any atom is 0.110 e. The van der Waals surface area contributed by atoms with Crippen molar-refractivity contribution < 1.29 is 4.74 Å². The first-order chi connectivity index (χ1) is 8.36. The molecule has 0 aromatic heterocycles. The molecule has 1 aliphatic carbocycles. The van der Waals surface area contributed by atoms with Gasteiger partial charge >= 0.3 is 0 Å². The Hall–Kier alpha value is -0.540. The van der Waals surface area contributed by atoms with E-state index in [0.717, 1.165) is 38.5 Å². The summed E-state index contributed by atoms with van der Waals surface area (Å²) in [6.07, 6.45) is 12.3. The molecule has 0 spiro atoms. The Morgan fingerprint density at radius 1 is 1.29 bits per heavy atom. The van der Waals surface area contributed by atoms with Crippen molar-refractivity contribution in [1.29, 1.82) is 0 Å². The highest BCUT2D eigenvalue weighted by Crippen LogP contribution is 2.21. The van der Waals surface area contributed by atoms with Gasteiger partial charge < -0.3 is 15.0 Å². The average Bonchev–Trinajstić information content (AvgIpc) is 2.89. The zero-order chi connectivity index (χ0) is 11.9. The fourth-order valence-electron chi connectivity index (χ4n) is 2.78. The van der Waals surface area contributed by atoms with Gasteiger partial charge in [0.25, 0.3) is 0 Å². The second-order valence-corrected chi connectivity index (χ2v) is 5.33. The first-order valence-electron chi connectivity index (χ1n) is 7.07.